The zero-order valence-corrected chi connectivity index (χ0v) is 43.6. The molecular weight excluding hydrogens is 1190 g/mol. The van der Waals surface area contributed by atoms with Crippen LogP contribution in [-0.4, -0.2) is 131 Å². The van der Waals surface area contributed by atoms with E-state index in [0.29, 0.717) is 16.7 Å². The topological polar surface area (TPSA) is 243 Å². The van der Waals surface area contributed by atoms with Crippen molar-refractivity contribution in [3.05, 3.63) is 137 Å². The van der Waals surface area contributed by atoms with Gasteiger partial charge in [0.05, 0.1) is 30.9 Å². The molecule has 22 heteroatoms. The number of amides is 2. The Kier molecular flexibility index (Phi) is 18.9. The average Bonchev–Trinajstić information content (AvgIpc) is 3.93. The molecule has 0 aliphatic carbocycles. The molecule has 4 aliphatic rings. The van der Waals surface area contributed by atoms with Gasteiger partial charge >= 0.3 is 11.9 Å². The molecule has 0 spiro atoms. The molecule has 17 nitrogen and oxygen atoms in total. The number of ketones is 1. The van der Waals surface area contributed by atoms with Crippen LogP contribution >= 0.6 is 75.3 Å². The first-order chi connectivity index (χ1) is 32.7. The Labute approximate surface area is 434 Å². The van der Waals surface area contributed by atoms with E-state index in [1.165, 1.54) is 13.8 Å². The maximum Gasteiger partial charge on any atom is 0.338 e. The molecule has 0 saturated carbocycles. The van der Waals surface area contributed by atoms with Crippen molar-refractivity contribution in [2.45, 2.75) is 74.4 Å². The maximum atomic E-state index is 13.6. The third-order valence-electron chi connectivity index (χ3n) is 11.4. The number of ether oxygens (including phenoxy) is 6. The zero-order chi connectivity index (χ0) is 50.2. The lowest BCUT2D eigenvalue weighted by molar-refractivity contribution is -0.233. The van der Waals surface area contributed by atoms with Gasteiger partial charge in [0.1, 0.15) is 48.2 Å². The lowest BCUT2D eigenvalue weighted by atomic mass is 9.75. The van der Waals surface area contributed by atoms with Gasteiger partial charge in [-0.25, -0.2) is 9.59 Å². The predicted octanol–water partition coefficient (Wildman–Crippen LogP) is 6.03. The van der Waals surface area contributed by atoms with Crippen LogP contribution in [0.3, 0.4) is 0 Å². The second kappa shape index (κ2) is 24.0. The van der Waals surface area contributed by atoms with E-state index in [1.807, 2.05) is 0 Å². The summed E-state index contributed by atoms with van der Waals surface area (Å²) in [5, 5.41) is 33.6. The Bertz CT molecular complexity index is 2490. The first kappa shape index (κ1) is 54.4. The molecule has 4 fully saturated rings. The standard InChI is InChI=1S/C31H26Br3NO8.C9H15NO6.C7H4BrClO/c1-17(36)35-26-27(42-29(39)20-6-12-23(34)13-7-20)24(14-25(37)18-2-8-21(32)9-3-18)31(16-41-30(26)43-31)15-40-28(38)19-4-10-22(33)11-5-19;1-4(12)10-5-6(13)7(14)9(2-11)3-15-8(5)16-9;8-6-3-1-5(2-4-6)7(9)10/h2-13,24,26-27,30H,14-16H2,1H3,(H,35,36);5-8,11,13-14H,2-3H2,1H3,(H,10,12);1-4H/t24-,26-,27+,30+,31+;5-,6-,7-,8+,9+;/m11./s1. The van der Waals surface area contributed by atoms with Crippen molar-refractivity contribution in [1.82, 2.24) is 10.6 Å². The normalized spacial score (nSPS) is 27.3. The van der Waals surface area contributed by atoms with Crippen LogP contribution in [0.2, 0.25) is 0 Å². The molecule has 0 radical (unpaired) electrons. The number of carbonyl (C=O) groups excluding carboxylic acids is 6. The quantitative estimate of drug-likeness (QED) is 0.0618. The number of esters is 2. The van der Waals surface area contributed by atoms with Gasteiger partial charge in [-0.1, -0.05) is 75.9 Å². The third-order valence-corrected chi connectivity index (χ3v) is 13.8. The van der Waals surface area contributed by atoms with Crippen molar-refractivity contribution >= 4 is 110 Å². The number of carbonyl (C=O) groups is 6. The van der Waals surface area contributed by atoms with Gasteiger partial charge in [-0.2, -0.15) is 0 Å². The van der Waals surface area contributed by atoms with Gasteiger partial charge in [0.15, 0.2) is 18.4 Å². The summed E-state index contributed by atoms with van der Waals surface area (Å²) >= 11 is 18.5. The van der Waals surface area contributed by atoms with Crippen LogP contribution in [0.1, 0.15) is 61.7 Å². The molecule has 8 rings (SSSR count). The first-order valence-electron chi connectivity index (χ1n) is 21.0. The highest BCUT2D eigenvalue weighted by Gasteiger charge is 2.63. The Balaban J connectivity index is 0.000000243. The van der Waals surface area contributed by atoms with Crippen molar-refractivity contribution in [3.63, 3.8) is 0 Å². The zero-order valence-electron chi connectivity index (χ0n) is 36.5. The Morgan fingerprint density at radius 2 is 1.06 bits per heavy atom. The number of rotatable bonds is 12. The lowest BCUT2D eigenvalue weighted by Gasteiger charge is -2.46. The van der Waals surface area contributed by atoms with Crippen molar-refractivity contribution in [1.29, 1.82) is 0 Å². The van der Waals surface area contributed by atoms with Crippen molar-refractivity contribution in [2.24, 2.45) is 5.92 Å². The van der Waals surface area contributed by atoms with E-state index in [9.17, 15) is 39.0 Å². The summed E-state index contributed by atoms with van der Waals surface area (Å²) in [4.78, 5) is 73.7. The second-order valence-electron chi connectivity index (χ2n) is 16.3. The molecule has 4 aromatic rings. The Morgan fingerprint density at radius 3 is 1.54 bits per heavy atom. The molecule has 4 saturated heterocycles. The first-order valence-corrected chi connectivity index (χ1v) is 24.5. The van der Waals surface area contributed by atoms with Crippen LogP contribution in [-0.2, 0) is 38.0 Å². The number of benzene rings is 4. The maximum absolute atomic E-state index is 13.6. The minimum atomic E-state index is -1.35. The highest BCUT2D eigenvalue weighted by molar-refractivity contribution is 9.11. The minimum absolute atomic E-state index is 0.0114. The fourth-order valence-corrected chi connectivity index (χ4v) is 9.06. The number of hydrogen-bond acceptors (Lipinski definition) is 15. The van der Waals surface area contributed by atoms with Crippen LogP contribution in [0.4, 0.5) is 0 Å². The number of fused-ring (bicyclic) bond motifs is 4. The molecule has 5 N–H and O–H groups in total. The second-order valence-corrected chi connectivity index (χ2v) is 20.3. The van der Waals surface area contributed by atoms with E-state index >= 15 is 0 Å². The van der Waals surface area contributed by atoms with Crippen molar-refractivity contribution in [2.75, 3.05) is 26.4 Å². The van der Waals surface area contributed by atoms with Gasteiger partial charge in [-0.15, -0.1) is 0 Å². The highest BCUT2D eigenvalue weighted by atomic mass is 79.9. The summed E-state index contributed by atoms with van der Waals surface area (Å²) in [6.45, 7) is 1.81. The molecule has 10 atom stereocenters. The van der Waals surface area contributed by atoms with Gasteiger partial charge in [0, 0.05) is 55.2 Å². The summed E-state index contributed by atoms with van der Waals surface area (Å²) < 4.78 is 38.0. The van der Waals surface area contributed by atoms with Crippen LogP contribution in [0, 0.1) is 5.92 Å². The molecule has 368 valence electrons. The molecule has 4 bridgehead atoms. The predicted molar refractivity (Wildman–Crippen MR) is 260 cm³/mol. The number of hydrogen-bond donors (Lipinski definition) is 5. The fourth-order valence-electron chi connectivity index (χ4n) is 7.88. The molecule has 0 unspecified atom stereocenters. The van der Waals surface area contributed by atoms with Crippen LogP contribution in [0.5, 0.6) is 0 Å². The fraction of sp³-hybridized carbons (Fsp3) is 0.362. The van der Waals surface area contributed by atoms with E-state index < -0.39 is 89.8 Å². The molecular formula is C47H45Br4ClN2O15. The van der Waals surface area contributed by atoms with E-state index in [2.05, 4.69) is 74.4 Å². The van der Waals surface area contributed by atoms with Gasteiger partial charge < -0.3 is 54.4 Å². The van der Waals surface area contributed by atoms with E-state index in [0.717, 1.165) is 17.9 Å². The average molecular weight is 1230 g/mol. The molecule has 0 aromatic heterocycles. The Morgan fingerprint density at radius 1 is 0.638 bits per heavy atom. The molecule has 69 heavy (non-hydrogen) atoms. The van der Waals surface area contributed by atoms with Gasteiger partial charge in [-0.3, -0.25) is 19.2 Å². The number of aliphatic hydroxyl groups excluding tert-OH is 3. The lowest BCUT2D eigenvalue weighted by Crippen LogP contribution is -2.66. The molecule has 4 aromatic carbocycles. The SMILES string of the molecule is CC(=O)N[C@H]1[C@H]2OC[C@](CO)(O2)[C@H](O)[C@@H]1O.CC(=O)N[C@H]1[C@H]2OC[C@](COC(=O)c3ccc(Br)cc3)(O2)[C@H](CC(=O)c2ccc(Br)cc2)[C@@H]1OC(=O)c1ccc(Br)cc1.O=C(Cl)c1ccc(Br)cc1. The number of Topliss-reactive ketones (excluding diaryl/α,β-unsaturated/α-hetero) is 1. The molecule has 4 aliphatic heterocycles. The van der Waals surface area contributed by atoms with Crippen molar-refractivity contribution < 1.29 is 72.5 Å². The number of aliphatic hydroxyl groups is 3. The Hall–Kier alpha value is -3.97. The van der Waals surface area contributed by atoms with Gasteiger partial charge in [0.2, 0.25) is 11.8 Å². The number of halogens is 5. The van der Waals surface area contributed by atoms with Crippen LogP contribution in [0.15, 0.2) is 115 Å². The molecule has 4 heterocycles. The smallest absolute Gasteiger partial charge is 0.338 e. The van der Waals surface area contributed by atoms with E-state index in [-0.39, 0.29) is 43.5 Å². The van der Waals surface area contributed by atoms with Gasteiger partial charge in [0.25, 0.3) is 5.24 Å². The minimum Gasteiger partial charge on any atom is -0.459 e. The largest absolute Gasteiger partial charge is 0.459 e. The summed E-state index contributed by atoms with van der Waals surface area (Å²) in [5.74, 6) is -3.13. The third kappa shape index (κ3) is 13.5. The highest BCUT2D eigenvalue weighted by Crippen LogP contribution is 2.45. The summed E-state index contributed by atoms with van der Waals surface area (Å²) in [5.41, 5.74) is -1.08. The van der Waals surface area contributed by atoms with E-state index in [1.54, 1.807) is 97.1 Å². The number of nitrogens with one attached hydrogen (secondary N) is 2. The van der Waals surface area contributed by atoms with Crippen molar-refractivity contribution in [3.8, 4) is 0 Å². The summed E-state index contributed by atoms with van der Waals surface area (Å²) in [6.07, 6.45) is -5.59. The summed E-state index contributed by atoms with van der Waals surface area (Å²) in [6, 6.07) is 25.3. The van der Waals surface area contributed by atoms with Gasteiger partial charge in [-0.05, 0) is 96.5 Å². The molecule has 2 amide bonds. The van der Waals surface area contributed by atoms with Crippen LogP contribution < -0.4 is 10.6 Å². The summed E-state index contributed by atoms with van der Waals surface area (Å²) in [7, 11) is 0. The van der Waals surface area contributed by atoms with E-state index in [4.69, 9.17) is 45.1 Å². The van der Waals surface area contributed by atoms with Crippen LogP contribution in [0.25, 0.3) is 0 Å². The monoisotopic (exact) mass is 1230 g/mol.